The van der Waals surface area contributed by atoms with E-state index in [0.29, 0.717) is 24.1 Å². The van der Waals surface area contributed by atoms with E-state index >= 15 is 0 Å². The summed E-state index contributed by atoms with van der Waals surface area (Å²) in [6, 6.07) is 10.3. The molecule has 3 aromatic rings. The molecule has 0 saturated heterocycles. The Morgan fingerprint density at radius 1 is 1.27 bits per heavy atom. The van der Waals surface area contributed by atoms with Crippen molar-refractivity contribution in [2.24, 2.45) is 0 Å². The number of rotatable bonds is 5. The zero-order chi connectivity index (χ0) is 18.7. The highest BCUT2D eigenvalue weighted by atomic mass is 15.2. The minimum absolute atomic E-state index is 0.234. The van der Waals surface area contributed by atoms with Crippen LogP contribution in [0.4, 0.5) is 11.5 Å². The van der Waals surface area contributed by atoms with Crippen LogP contribution in [0.3, 0.4) is 0 Å². The van der Waals surface area contributed by atoms with Gasteiger partial charge in [-0.3, -0.25) is 10.1 Å². The molecule has 0 amide bonds. The molecule has 7 heteroatoms. The molecule has 130 valence electrons. The van der Waals surface area contributed by atoms with E-state index < -0.39 is 0 Å². The number of para-hydroxylation sites is 1. The predicted molar refractivity (Wildman–Crippen MR) is 101 cm³/mol. The first-order chi connectivity index (χ1) is 12.6. The summed E-state index contributed by atoms with van der Waals surface area (Å²) in [4.78, 5) is 6.50. The van der Waals surface area contributed by atoms with Crippen LogP contribution < -0.4 is 10.6 Å². The Bertz CT molecular complexity index is 1040. The van der Waals surface area contributed by atoms with Crippen LogP contribution >= 0.6 is 0 Å². The second kappa shape index (κ2) is 7.12. The normalized spacial score (nSPS) is 10.5. The molecule has 1 aromatic carbocycles. The monoisotopic (exact) mass is 345 g/mol. The zero-order valence-electron chi connectivity index (χ0n) is 14.7. The molecule has 7 nitrogen and oxygen atoms in total. The van der Waals surface area contributed by atoms with Crippen molar-refractivity contribution in [3.63, 3.8) is 0 Å². The molecule has 0 unspecified atom stereocenters. The SMILES string of the molecule is Cc1cccc2c(N(C)CCCc3[nH]nc(N)c3C#N)c(C#N)cnc12. The average molecular weight is 345 g/mol. The van der Waals surface area contributed by atoms with Gasteiger partial charge in [0.05, 0.1) is 22.5 Å². The first kappa shape index (κ1) is 17.2. The van der Waals surface area contributed by atoms with Gasteiger partial charge in [0, 0.05) is 25.2 Å². The number of aromatic amines is 1. The third kappa shape index (κ3) is 3.03. The zero-order valence-corrected chi connectivity index (χ0v) is 14.7. The van der Waals surface area contributed by atoms with Gasteiger partial charge >= 0.3 is 0 Å². The third-order valence-corrected chi connectivity index (χ3v) is 4.47. The number of anilines is 2. The van der Waals surface area contributed by atoms with Gasteiger partial charge in [0.15, 0.2) is 5.82 Å². The Balaban J connectivity index is 1.84. The Kier molecular flexibility index (Phi) is 4.72. The van der Waals surface area contributed by atoms with Crippen molar-refractivity contribution in [2.75, 3.05) is 24.2 Å². The quantitative estimate of drug-likeness (QED) is 0.734. The predicted octanol–water partition coefficient (Wildman–Crippen LogP) is 2.66. The molecule has 2 aromatic heterocycles. The van der Waals surface area contributed by atoms with Crippen LogP contribution in [0.2, 0.25) is 0 Å². The molecule has 0 fully saturated rings. The number of aryl methyl sites for hydroxylation is 2. The van der Waals surface area contributed by atoms with Crippen LogP contribution in [0.1, 0.15) is 28.8 Å². The number of nitrogens with two attached hydrogens (primary N) is 1. The van der Waals surface area contributed by atoms with Crippen molar-refractivity contribution < 1.29 is 0 Å². The highest BCUT2D eigenvalue weighted by molar-refractivity contribution is 5.95. The molecule has 3 rings (SSSR count). The summed E-state index contributed by atoms with van der Waals surface area (Å²) in [6.07, 6.45) is 3.07. The molecular formula is C19H19N7. The maximum absolute atomic E-state index is 9.49. The molecule has 0 radical (unpaired) electrons. The van der Waals surface area contributed by atoms with Crippen LogP contribution in [0.25, 0.3) is 10.9 Å². The highest BCUT2D eigenvalue weighted by Gasteiger charge is 2.15. The van der Waals surface area contributed by atoms with E-state index in [1.807, 2.05) is 32.2 Å². The van der Waals surface area contributed by atoms with Crippen molar-refractivity contribution in [3.05, 3.63) is 46.8 Å². The summed E-state index contributed by atoms with van der Waals surface area (Å²) in [5.74, 6) is 0.234. The van der Waals surface area contributed by atoms with E-state index in [1.54, 1.807) is 6.20 Å². The highest BCUT2D eigenvalue weighted by Crippen LogP contribution is 2.30. The lowest BCUT2D eigenvalue weighted by Gasteiger charge is -2.22. The van der Waals surface area contributed by atoms with E-state index in [9.17, 15) is 5.26 Å². The fourth-order valence-electron chi connectivity index (χ4n) is 3.15. The number of hydrogen-bond donors (Lipinski definition) is 2. The lowest BCUT2D eigenvalue weighted by molar-refractivity contribution is 0.767. The van der Waals surface area contributed by atoms with Gasteiger partial charge in [0.25, 0.3) is 0 Å². The number of nitrogen functional groups attached to an aromatic ring is 1. The minimum Gasteiger partial charge on any atom is -0.381 e. The molecule has 0 atom stereocenters. The number of benzene rings is 1. The number of H-pyrrole nitrogens is 1. The molecule has 0 spiro atoms. The number of hydrogen-bond acceptors (Lipinski definition) is 6. The third-order valence-electron chi connectivity index (χ3n) is 4.47. The maximum Gasteiger partial charge on any atom is 0.163 e. The number of nitrogens with one attached hydrogen (secondary N) is 1. The Morgan fingerprint density at radius 3 is 2.81 bits per heavy atom. The Hall–Kier alpha value is -3.58. The number of nitrogens with zero attached hydrogens (tertiary/aromatic N) is 5. The summed E-state index contributed by atoms with van der Waals surface area (Å²) in [6.45, 7) is 2.72. The number of fused-ring (bicyclic) bond motifs is 1. The van der Waals surface area contributed by atoms with E-state index in [0.717, 1.165) is 34.3 Å². The lowest BCUT2D eigenvalue weighted by Crippen LogP contribution is -2.21. The lowest BCUT2D eigenvalue weighted by atomic mass is 10.1. The van der Waals surface area contributed by atoms with E-state index in [4.69, 9.17) is 11.0 Å². The van der Waals surface area contributed by atoms with Gasteiger partial charge in [-0.2, -0.15) is 15.6 Å². The van der Waals surface area contributed by atoms with Gasteiger partial charge in [0.2, 0.25) is 0 Å². The average Bonchev–Trinajstić information content (AvgIpc) is 3.00. The molecular weight excluding hydrogens is 326 g/mol. The second-order valence-corrected chi connectivity index (χ2v) is 6.20. The summed E-state index contributed by atoms with van der Waals surface area (Å²) >= 11 is 0. The second-order valence-electron chi connectivity index (χ2n) is 6.20. The van der Waals surface area contributed by atoms with E-state index in [-0.39, 0.29) is 5.82 Å². The molecule has 3 N–H and O–H groups in total. The van der Waals surface area contributed by atoms with Crippen molar-refractivity contribution in [3.8, 4) is 12.1 Å². The summed E-state index contributed by atoms with van der Waals surface area (Å²) in [5.41, 5.74) is 10.2. The standard InChI is InChI=1S/C19H19N7/c1-12-5-3-6-14-17(12)23-11-13(9-20)18(14)26(2)8-4-7-16-15(10-21)19(22)25-24-16/h3,5-6,11H,4,7-8H2,1-2H3,(H3,22,24,25). The topological polar surface area (TPSA) is 118 Å². The maximum atomic E-state index is 9.49. The first-order valence-corrected chi connectivity index (χ1v) is 8.29. The molecule has 26 heavy (non-hydrogen) atoms. The van der Waals surface area contributed by atoms with Crippen molar-refractivity contribution in [2.45, 2.75) is 19.8 Å². The Morgan fingerprint density at radius 2 is 2.08 bits per heavy atom. The number of aromatic nitrogens is 3. The number of nitriles is 2. The molecule has 0 bridgehead atoms. The summed E-state index contributed by atoms with van der Waals surface area (Å²) in [7, 11) is 1.96. The molecule has 0 aliphatic rings. The summed E-state index contributed by atoms with van der Waals surface area (Å²) in [5, 5.41) is 26.3. The molecule has 0 saturated carbocycles. The van der Waals surface area contributed by atoms with Gasteiger partial charge in [-0.05, 0) is 25.3 Å². The summed E-state index contributed by atoms with van der Waals surface area (Å²) < 4.78 is 0. The van der Waals surface area contributed by atoms with Crippen LogP contribution in [0.5, 0.6) is 0 Å². The van der Waals surface area contributed by atoms with Gasteiger partial charge in [0.1, 0.15) is 17.7 Å². The molecule has 0 aliphatic heterocycles. The molecule has 0 aliphatic carbocycles. The fraction of sp³-hybridized carbons (Fsp3) is 0.263. The Labute approximate surface area is 151 Å². The van der Waals surface area contributed by atoms with Crippen LogP contribution in [-0.4, -0.2) is 28.8 Å². The van der Waals surface area contributed by atoms with E-state index in [1.165, 1.54) is 0 Å². The van der Waals surface area contributed by atoms with Gasteiger partial charge < -0.3 is 10.6 Å². The van der Waals surface area contributed by atoms with Gasteiger partial charge in [-0.25, -0.2) is 0 Å². The van der Waals surface area contributed by atoms with Crippen molar-refractivity contribution in [1.29, 1.82) is 10.5 Å². The van der Waals surface area contributed by atoms with Gasteiger partial charge in [-0.15, -0.1) is 0 Å². The smallest absolute Gasteiger partial charge is 0.163 e. The first-order valence-electron chi connectivity index (χ1n) is 8.29. The fourth-order valence-corrected chi connectivity index (χ4v) is 3.15. The van der Waals surface area contributed by atoms with Crippen LogP contribution in [-0.2, 0) is 6.42 Å². The van der Waals surface area contributed by atoms with Crippen molar-refractivity contribution in [1.82, 2.24) is 15.2 Å². The van der Waals surface area contributed by atoms with Crippen LogP contribution in [0, 0.1) is 29.6 Å². The minimum atomic E-state index is 0.234. The largest absolute Gasteiger partial charge is 0.381 e. The molecule has 2 heterocycles. The van der Waals surface area contributed by atoms with Crippen molar-refractivity contribution >= 4 is 22.4 Å². The number of pyridine rings is 1. The van der Waals surface area contributed by atoms with E-state index in [2.05, 4.69) is 32.2 Å². The van der Waals surface area contributed by atoms with Gasteiger partial charge in [-0.1, -0.05) is 18.2 Å². The van der Waals surface area contributed by atoms with Crippen LogP contribution in [0.15, 0.2) is 24.4 Å².